The van der Waals surface area contributed by atoms with Crippen LogP contribution in [0.15, 0.2) is 18.2 Å². The van der Waals surface area contributed by atoms with E-state index in [0.717, 1.165) is 55.8 Å². The molecule has 1 aromatic carbocycles. The van der Waals surface area contributed by atoms with E-state index in [1.807, 2.05) is 23.1 Å². The number of rotatable bonds is 4. The minimum Gasteiger partial charge on any atom is -0.454 e. The van der Waals surface area contributed by atoms with Gasteiger partial charge in [-0.15, -0.1) is 0 Å². The lowest BCUT2D eigenvalue weighted by Gasteiger charge is -2.44. The quantitative estimate of drug-likeness (QED) is 0.757. The Bertz CT molecular complexity index is 799. The molecular weight excluding hydrogens is 412 g/mol. The Kier molecular flexibility index (Phi) is 6.83. The van der Waals surface area contributed by atoms with Gasteiger partial charge in [0.2, 0.25) is 12.7 Å². The fourth-order valence-electron chi connectivity index (χ4n) is 5.37. The van der Waals surface area contributed by atoms with E-state index in [0.29, 0.717) is 32.7 Å². The van der Waals surface area contributed by atoms with Crippen LogP contribution in [0.4, 0.5) is 0 Å². The predicted octanol–water partition coefficient (Wildman–Crippen LogP) is 1.93. The van der Waals surface area contributed by atoms with E-state index in [4.69, 9.17) is 18.9 Å². The molecule has 4 atom stereocenters. The molecule has 1 aromatic rings. The van der Waals surface area contributed by atoms with Crippen LogP contribution in [0.25, 0.3) is 0 Å². The van der Waals surface area contributed by atoms with Crippen molar-refractivity contribution in [3.05, 3.63) is 23.8 Å². The highest BCUT2D eigenvalue weighted by molar-refractivity contribution is 5.76. The summed E-state index contributed by atoms with van der Waals surface area (Å²) in [5.41, 5.74) is 1.11. The summed E-state index contributed by atoms with van der Waals surface area (Å²) in [5.74, 6) is 1.76. The molecule has 1 amide bonds. The molecule has 8 nitrogen and oxygen atoms in total. The molecule has 32 heavy (non-hydrogen) atoms. The number of fused-ring (bicyclic) bond motifs is 2. The van der Waals surface area contributed by atoms with Crippen molar-refractivity contribution in [3.8, 4) is 11.5 Å². The van der Waals surface area contributed by atoms with Gasteiger partial charge in [0.25, 0.3) is 0 Å². The molecule has 3 fully saturated rings. The topological polar surface area (TPSA) is 80.7 Å². The van der Waals surface area contributed by atoms with Gasteiger partial charge in [-0.25, -0.2) is 0 Å². The lowest BCUT2D eigenvalue weighted by atomic mass is 9.94. The lowest BCUT2D eigenvalue weighted by molar-refractivity contribution is -0.161. The number of amides is 1. The van der Waals surface area contributed by atoms with E-state index in [-0.39, 0.29) is 30.9 Å². The first-order valence-electron chi connectivity index (χ1n) is 12.0. The first-order chi connectivity index (χ1) is 15.7. The number of benzene rings is 1. The Hall–Kier alpha value is -1.87. The molecular formula is C24H34N2O6. The summed E-state index contributed by atoms with van der Waals surface area (Å²) < 4.78 is 23.1. The summed E-state index contributed by atoms with van der Waals surface area (Å²) in [6.45, 7) is 3.96. The van der Waals surface area contributed by atoms with Crippen LogP contribution in [0.2, 0.25) is 0 Å². The average Bonchev–Trinajstić information content (AvgIpc) is 3.26. The Balaban J connectivity index is 1.24. The molecule has 5 rings (SSSR count). The van der Waals surface area contributed by atoms with E-state index < -0.39 is 6.10 Å². The van der Waals surface area contributed by atoms with Crippen molar-refractivity contribution in [3.63, 3.8) is 0 Å². The highest BCUT2D eigenvalue weighted by Gasteiger charge is 2.38. The Labute approximate surface area is 189 Å². The number of likely N-dealkylation sites (tertiary alicyclic amines) is 1. The summed E-state index contributed by atoms with van der Waals surface area (Å²) in [5, 5.41) is 10.4. The Morgan fingerprint density at radius 2 is 1.91 bits per heavy atom. The van der Waals surface area contributed by atoms with E-state index >= 15 is 0 Å². The second-order valence-corrected chi connectivity index (χ2v) is 9.40. The standard InChI is InChI=1S/C24H34N2O6/c27-18-13-26(12-17-4-7-21-22(10-17)31-16-30-21)20-6-5-19(32-23(20)15-29-14-18)11-24(28)25-8-2-1-3-9-25/h4,7,10,18-20,23,27H,1-3,5-6,8-9,11-16H2/t18-,19-,20-,23+/m0/s1. The number of ether oxygens (including phenoxy) is 4. The van der Waals surface area contributed by atoms with Crippen LogP contribution in [-0.2, 0) is 20.8 Å². The van der Waals surface area contributed by atoms with E-state index in [2.05, 4.69) is 4.90 Å². The van der Waals surface area contributed by atoms with Gasteiger partial charge in [-0.05, 0) is 49.8 Å². The first-order valence-corrected chi connectivity index (χ1v) is 12.0. The van der Waals surface area contributed by atoms with Gasteiger partial charge in [0.05, 0.1) is 37.9 Å². The van der Waals surface area contributed by atoms with Gasteiger partial charge < -0.3 is 29.0 Å². The Morgan fingerprint density at radius 1 is 1.06 bits per heavy atom. The van der Waals surface area contributed by atoms with Crippen molar-refractivity contribution < 1.29 is 28.8 Å². The zero-order valence-corrected chi connectivity index (χ0v) is 18.6. The summed E-state index contributed by atoms with van der Waals surface area (Å²) >= 11 is 0. The summed E-state index contributed by atoms with van der Waals surface area (Å²) in [7, 11) is 0. The van der Waals surface area contributed by atoms with Crippen LogP contribution >= 0.6 is 0 Å². The fraction of sp³-hybridized carbons (Fsp3) is 0.708. The van der Waals surface area contributed by atoms with Crippen molar-refractivity contribution >= 4 is 5.91 Å². The van der Waals surface area contributed by atoms with Gasteiger partial charge >= 0.3 is 0 Å². The zero-order chi connectivity index (χ0) is 21.9. The molecule has 0 aromatic heterocycles. The fourth-order valence-corrected chi connectivity index (χ4v) is 5.37. The van der Waals surface area contributed by atoms with Crippen LogP contribution in [0.5, 0.6) is 11.5 Å². The van der Waals surface area contributed by atoms with E-state index in [1.54, 1.807) is 0 Å². The van der Waals surface area contributed by atoms with Crippen LogP contribution in [0.1, 0.15) is 44.1 Å². The highest BCUT2D eigenvalue weighted by Crippen LogP contribution is 2.34. The van der Waals surface area contributed by atoms with Crippen LogP contribution in [0.3, 0.4) is 0 Å². The van der Waals surface area contributed by atoms with Crippen LogP contribution < -0.4 is 9.47 Å². The molecule has 8 heteroatoms. The van der Waals surface area contributed by atoms with Crippen LogP contribution in [-0.4, -0.2) is 84.8 Å². The third-order valence-electron chi connectivity index (χ3n) is 7.02. The van der Waals surface area contributed by atoms with Gasteiger partial charge in [-0.1, -0.05) is 6.07 Å². The molecule has 4 heterocycles. The maximum Gasteiger partial charge on any atom is 0.231 e. The zero-order valence-electron chi connectivity index (χ0n) is 18.6. The third-order valence-corrected chi connectivity index (χ3v) is 7.02. The number of hydrogen-bond donors (Lipinski definition) is 1. The normalized spacial score (nSPS) is 31.0. The first kappa shape index (κ1) is 21.9. The van der Waals surface area contributed by atoms with Crippen molar-refractivity contribution in [1.29, 1.82) is 0 Å². The van der Waals surface area contributed by atoms with Gasteiger partial charge in [-0.2, -0.15) is 0 Å². The molecule has 0 radical (unpaired) electrons. The Morgan fingerprint density at radius 3 is 2.78 bits per heavy atom. The number of hydrogen-bond acceptors (Lipinski definition) is 7. The van der Waals surface area contributed by atoms with E-state index in [1.165, 1.54) is 6.42 Å². The lowest BCUT2D eigenvalue weighted by Crippen LogP contribution is -2.55. The summed E-state index contributed by atoms with van der Waals surface area (Å²) in [6, 6.07) is 6.14. The summed E-state index contributed by atoms with van der Waals surface area (Å²) in [6.07, 6.45) is 4.93. The number of β-amino-alcohol motifs (C(OH)–C–C–N with tert-alkyl or cyclic N) is 1. The molecule has 0 aliphatic carbocycles. The average molecular weight is 447 g/mol. The van der Waals surface area contributed by atoms with Gasteiger partial charge in [0.1, 0.15) is 0 Å². The second-order valence-electron chi connectivity index (χ2n) is 9.40. The van der Waals surface area contributed by atoms with E-state index in [9.17, 15) is 9.90 Å². The van der Waals surface area contributed by atoms with Crippen molar-refractivity contribution in [2.24, 2.45) is 0 Å². The number of aliphatic hydroxyl groups is 1. The van der Waals surface area contributed by atoms with Gasteiger partial charge in [0, 0.05) is 32.2 Å². The minimum atomic E-state index is -0.539. The monoisotopic (exact) mass is 446 g/mol. The summed E-state index contributed by atoms with van der Waals surface area (Å²) in [4.78, 5) is 17.0. The number of aliphatic hydroxyl groups excluding tert-OH is 1. The maximum atomic E-state index is 12.7. The van der Waals surface area contributed by atoms with Crippen molar-refractivity contribution in [2.45, 2.75) is 69.4 Å². The molecule has 1 N–H and O–H groups in total. The number of carbonyl (C=O) groups is 1. The molecule has 4 aliphatic rings. The largest absolute Gasteiger partial charge is 0.454 e. The number of piperidine rings is 1. The smallest absolute Gasteiger partial charge is 0.231 e. The molecule has 3 saturated heterocycles. The molecule has 0 bridgehead atoms. The van der Waals surface area contributed by atoms with Crippen molar-refractivity contribution in [2.75, 3.05) is 39.6 Å². The highest BCUT2D eigenvalue weighted by atomic mass is 16.7. The minimum absolute atomic E-state index is 0.0639. The molecule has 0 spiro atoms. The van der Waals surface area contributed by atoms with Gasteiger partial charge in [-0.3, -0.25) is 9.69 Å². The number of carbonyl (C=O) groups excluding carboxylic acids is 1. The maximum absolute atomic E-state index is 12.7. The molecule has 4 aliphatic heterocycles. The molecule has 0 saturated carbocycles. The molecule has 176 valence electrons. The van der Waals surface area contributed by atoms with Gasteiger partial charge in [0.15, 0.2) is 11.5 Å². The van der Waals surface area contributed by atoms with Crippen molar-refractivity contribution in [1.82, 2.24) is 9.80 Å². The SMILES string of the molecule is O=C(C[C@@H]1CC[C@H]2[C@@H](COC[C@@H](O)CN2Cc2ccc3c(c2)OCO3)O1)N1CCCCC1. The second kappa shape index (κ2) is 9.95. The van der Waals surface area contributed by atoms with Crippen LogP contribution in [0, 0.1) is 0 Å². The number of nitrogens with zero attached hydrogens (tertiary/aromatic N) is 2. The third kappa shape index (κ3) is 5.03. The predicted molar refractivity (Wildman–Crippen MR) is 117 cm³/mol. The molecule has 0 unspecified atom stereocenters.